The van der Waals surface area contributed by atoms with E-state index in [1.54, 1.807) is 17.7 Å². The van der Waals surface area contributed by atoms with Gasteiger partial charge in [0.25, 0.3) is 0 Å². The Morgan fingerprint density at radius 1 is 1.44 bits per heavy atom. The molecule has 2 aromatic rings. The van der Waals surface area contributed by atoms with E-state index in [0.717, 1.165) is 18.1 Å². The van der Waals surface area contributed by atoms with Crippen LogP contribution in [0.4, 0.5) is 11.6 Å². The molecule has 0 bridgehead atoms. The van der Waals surface area contributed by atoms with Gasteiger partial charge in [0.15, 0.2) is 0 Å². The van der Waals surface area contributed by atoms with Gasteiger partial charge in [-0.1, -0.05) is 6.07 Å². The molecule has 0 aromatic carbocycles. The summed E-state index contributed by atoms with van der Waals surface area (Å²) >= 11 is 1.80. The molecule has 0 fully saturated rings. The van der Waals surface area contributed by atoms with Gasteiger partial charge >= 0.3 is 0 Å². The first-order valence-corrected chi connectivity index (χ1v) is 6.83. The third kappa shape index (κ3) is 2.98. The summed E-state index contributed by atoms with van der Waals surface area (Å²) in [5.41, 5.74) is 0. The van der Waals surface area contributed by atoms with Crippen LogP contribution < -0.4 is 10.2 Å². The summed E-state index contributed by atoms with van der Waals surface area (Å²) in [7, 11) is 3.93. The molecule has 4 nitrogen and oxygen atoms in total. The van der Waals surface area contributed by atoms with Gasteiger partial charge in [-0.3, -0.25) is 0 Å². The van der Waals surface area contributed by atoms with E-state index < -0.39 is 0 Å². The highest BCUT2D eigenvalue weighted by Gasteiger charge is 2.13. The van der Waals surface area contributed by atoms with Crippen molar-refractivity contribution in [2.24, 2.45) is 0 Å². The zero-order chi connectivity index (χ0) is 13.0. The lowest BCUT2D eigenvalue weighted by Gasteiger charge is -2.25. The number of likely N-dealkylation sites (N-methyl/N-ethyl adjacent to an activating group) is 1. The van der Waals surface area contributed by atoms with Crippen LogP contribution in [0.2, 0.25) is 0 Å². The number of thiophene rings is 1. The minimum atomic E-state index is 0.406. The monoisotopic (exact) mass is 262 g/mol. The summed E-state index contributed by atoms with van der Waals surface area (Å²) in [6.07, 6.45) is 2.63. The molecule has 18 heavy (non-hydrogen) atoms. The average Bonchev–Trinajstić information content (AvgIpc) is 2.90. The van der Waals surface area contributed by atoms with Crippen LogP contribution in [0.15, 0.2) is 29.9 Å². The number of hydrogen-bond donors (Lipinski definition) is 1. The number of aromatic nitrogens is 2. The second kappa shape index (κ2) is 5.82. The average molecular weight is 262 g/mol. The first-order chi connectivity index (χ1) is 8.70. The van der Waals surface area contributed by atoms with E-state index in [1.165, 1.54) is 4.88 Å². The molecule has 96 valence electrons. The molecule has 0 aliphatic rings. The smallest absolute Gasteiger partial charge is 0.134 e. The van der Waals surface area contributed by atoms with Crippen LogP contribution in [-0.4, -0.2) is 30.1 Å². The number of nitrogens with zero attached hydrogens (tertiary/aromatic N) is 3. The van der Waals surface area contributed by atoms with Crippen molar-refractivity contribution < 1.29 is 0 Å². The van der Waals surface area contributed by atoms with Crippen LogP contribution in [0.1, 0.15) is 11.8 Å². The van der Waals surface area contributed by atoms with Gasteiger partial charge in [0.1, 0.15) is 18.0 Å². The van der Waals surface area contributed by atoms with Crippen molar-refractivity contribution in [3.63, 3.8) is 0 Å². The van der Waals surface area contributed by atoms with Crippen molar-refractivity contribution in [3.05, 3.63) is 34.8 Å². The minimum Gasteiger partial charge on any atom is -0.373 e. The highest BCUT2D eigenvalue weighted by atomic mass is 32.1. The van der Waals surface area contributed by atoms with Crippen LogP contribution in [-0.2, 0) is 6.42 Å². The molecule has 0 amide bonds. The lowest BCUT2D eigenvalue weighted by Crippen LogP contribution is -2.31. The maximum Gasteiger partial charge on any atom is 0.134 e. The predicted octanol–water partition coefficient (Wildman–Crippen LogP) is 2.65. The Morgan fingerprint density at radius 2 is 2.28 bits per heavy atom. The fourth-order valence-corrected chi connectivity index (χ4v) is 2.59. The molecule has 0 saturated carbocycles. The van der Waals surface area contributed by atoms with Gasteiger partial charge in [0.2, 0.25) is 0 Å². The third-order valence-corrected chi connectivity index (χ3v) is 3.91. The highest BCUT2D eigenvalue weighted by molar-refractivity contribution is 7.09. The minimum absolute atomic E-state index is 0.406. The Balaban J connectivity index is 2.07. The molecule has 2 aromatic heterocycles. The molecule has 0 saturated heterocycles. The number of rotatable bonds is 5. The standard InChI is InChI=1S/C13H18N4S/c1-10(7-11-5-4-6-18-11)17(3)13-8-12(14-2)15-9-16-13/h4-6,8-10H,7H2,1-3H3,(H,14,15,16). The topological polar surface area (TPSA) is 41.0 Å². The fraction of sp³-hybridized carbons (Fsp3) is 0.385. The van der Waals surface area contributed by atoms with E-state index in [1.807, 2.05) is 13.1 Å². The van der Waals surface area contributed by atoms with Gasteiger partial charge in [-0.05, 0) is 18.4 Å². The lowest BCUT2D eigenvalue weighted by molar-refractivity contribution is 0.679. The summed E-state index contributed by atoms with van der Waals surface area (Å²) < 4.78 is 0. The summed E-state index contributed by atoms with van der Waals surface area (Å²) in [5.74, 6) is 1.79. The first-order valence-electron chi connectivity index (χ1n) is 5.95. The van der Waals surface area contributed by atoms with Crippen molar-refractivity contribution in [3.8, 4) is 0 Å². The zero-order valence-electron chi connectivity index (χ0n) is 10.9. The molecule has 1 N–H and O–H groups in total. The van der Waals surface area contributed by atoms with E-state index in [0.29, 0.717) is 6.04 Å². The van der Waals surface area contributed by atoms with E-state index >= 15 is 0 Å². The predicted molar refractivity (Wildman–Crippen MR) is 77.5 cm³/mol. The molecule has 1 atom stereocenters. The molecule has 2 rings (SSSR count). The normalized spacial score (nSPS) is 12.2. The summed E-state index contributed by atoms with van der Waals surface area (Å²) in [5, 5.41) is 5.15. The van der Waals surface area contributed by atoms with E-state index in [9.17, 15) is 0 Å². The molecule has 0 aliphatic carbocycles. The molecule has 0 radical (unpaired) electrons. The molecular formula is C13H18N4S. The number of anilines is 2. The van der Waals surface area contributed by atoms with Crippen LogP contribution in [0, 0.1) is 0 Å². The summed E-state index contributed by atoms with van der Waals surface area (Å²) in [4.78, 5) is 12.0. The lowest BCUT2D eigenvalue weighted by atomic mass is 10.2. The maximum atomic E-state index is 4.32. The highest BCUT2D eigenvalue weighted by Crippen LogP contribution is 2.18. The van der Waals surface area contributed by atoms with Gasteiger partial charge < -0.3 is 10.2 Å². The van der Waals surface area contributed by atoms with Crippen LogP contribution in [0.3, 0.4) is 0 Å². The van der Waals surface area contributed by atoms with Crippen molar-refractivity contribution in [1.82, 2.24) is 9.97 Å². The summed E-state index contributed by atoms with van der Waals surface area (Å²) in [6, 6.07) is 6.64. The number of nitrogens with one attached hydrogen (secondary N) is 1. The molecule has 2 heterocycles. The van der Waals surface area contributed by atoms with Crippen LogP contribution in [0.5, 0.6) is 0 Å². The third-order valence-electron chi connectivity index (χ3n) is 3.01. The largest absolute Gasteiger partial charge is 0.373 e. The Hall–Kier alpha value is -1.62. The molecule has 0 aliphatic heterocycles. The summed E-state index contributed by atoms with van der Waals surface area (Å²) in [6.45, 7) is 2.21. The first kappa shape index (κ1) is 12.8. The molecule has 0 spiro atoms. The van der Waals surface area contributed by atoms with Gasteiger partial charge in [0, 0.05) is 37.5 Å². The molecule has 1 unspecified atom stereocenters. The zero-order valence-corrected chi connectivity index (χ0v) is 11.7. The van der Waals surface area contributed by atoms with Crippen molar-refractivity contribution >= 4 is 23.0 Å². The van der Waals surface area contributed by atoms with Gasteiger partial charge in [0.05, 0.1) is 0 Å². The Kier molecular flexibility index (Phi) is 4.15. The SMILES string of the molecule is CNc1cc(N(C)C(C)Cc2cccs2)ncn1. The van der Waals surface area contributed by atoms with Gasteiger partial charge in [-0.25, -0.2) is 9.97 Å². The second-order valence-corrected chi connectivity index (χ2v) is 5.29. The Labute approximate surface area is 112 Å². The van der Waals surface area contributed by atoms with Gasteiger partial charge in [-0.15, -0.1) is 11.3 Å². The van der Waals surface area contributed by atoms with Crippen molar-refractivity contribution in [2.75, 3.05) is 24.3 Å². The van der Waals surface area contributed by atoms with Crippen molar-refractivity contribution in [2.45, 2.75) is 19.4 Å². The Morgan fingerprint density at radius 3 is 2.94 bits per heavy atom. The molecule has 5 heteroatoms. The van der Waals surface area contributed by atoms with E-state index in [2.05, 4.69) is 51.7 Å². The van der Waals surface area contributed by atoms with Crippen LogP contribution >= 0.6 is 11.3 Å². The molecular weight excluding hydrogens is 244 g/mol. The van der Waals surface area contributed by atoms with Crippen LogP contribution in [0.25, 0.3) is 0 Å². The number of hydrogen-bond acceptors (Lipinski definition) is 5. The van der Waals surface area contributed by atoms with E-state index in [4.69, 9.17) is 0 Å². The van der Waals surface area contributed by atoms with Crippen molar-refractivity contribution in [1.29, 1.82) is 0 Å². The second-order valence-electron chi connectivity index (χ2n) is 4.25. The van der Waals surface area contributed by atoms with E-state index in [-0.39, 0.29) is 0 Å². The maximum absolute atomic E-state index is 4.32. The quantitative estimate of drug-likeness (QED) is 0.899. The van der Waals surface area contributed by atoms with Gasteiger partial charge in [-0.2, -0.15) is 0 Å². The fourth-order valence-electron chi connectivity index (χ4n) is 1.76. The Bertz CT molecular complexity index is 483.